The first-order valence-corrected chi connectivity index (χ1v) is 20.0. The van der Waals surface area contributed by atoms with Crippen LogP contribution in [0.15, 0.2) is 182 Å². The lowest BCUT2D eigenvalue weighted by Crippen LogP contribution is -2.65. The van der Waals surface area contributed by atoms with E-state index in [2.05, 4.69) is 186 Å². The predicted octanol–water partition coefficient (Wildman–Crippen LogP) is 7.91. The number of rotatable bonds is 6. The molecule has 0 atom stereocenters. The van der Waals surface area contributed by atoms with Gasteiger partial charge in [0, 0.05) is 35.7 Å². The van der Waals surface area contributed by atoms with Crippen molar-refractivity contribution < 1.29 is 18.6 Å². The van der Waals surface area contributed by atoms with Crippen molar-refractivity contribution in [3.05, 3.63) is 199 Å². The van der Waals surface area contributed by atoms with Crippen LogP contribution in [0.3, 0.4) is 0 Å². The Morgan fingerprint density at radius 1 is 0.490 bits per heavy atom. The molecule has 2 heterocycles. The third-order valence-electron chi connectivity index (χ3n) is 9.93. The molecule has 0 saturated carbocycles. The normalized spacial score (nSPS) is 14.5. The zero-order chi connectivity index (χ0) is 34.5. The zero-order valence-electron chi connectivity index (χ0n) is 28.7. The minimum absolute atomic E-state index is 0.330. The minimum atomic E-state index is -2.22. The molecule has 0 fully saturated rings. The number of nitrogens with zero attached hydrogens (tertiary/aromatic N) is 2. The molecule has 0 unspecified atom stereocenters. The van der Waals surface area contributed by atoms with E-state index in [9.17, 15) is 0 Å². The van der Waals surface area contributed by atoms with E-state index in [0.717, 1.165) is 34.0 Å². The molecule has 0 amide bonds. The van der Waals surface area contributed by atoms with Crippen LogP contribution in [-0.4, -0.2) is 43.1 Å². The third kappa shape index (κ3) is 6.52. The van der Waals surface area contributed by atoms with E-state index in [1.54, 1.807) is 0 Å². The molecular formula is C46H40N2O2Si+2. The van der Waals surface area contributed by atoms with Crippen molar-refractivity contribution in [1.82, 2.24) is 0 Å². The molecule has 0 saturated heterocycles. The van der Waals surface area contributed by atoms with Gasteiger partial charge >= 0.3 is 0 Å². The van der Waals surface area contributed by atoms with E-state index in [4.69, 9.17) is 9.47 Å². The molecule has 0 aromatic heterocycles. The van der Waals surface area contributed by atoms with Crippen molar-refractivity contribution in [2.24, 2.45) is 0 Å². The maximum Gasteiger partial charge on any atom is 0.292 e. The average molecular weight is 681 g/mol. The van der Waals surface area contributed by atoms with Gasteiger partial charge in [0.05, 0.1) is 11.1 Å². The van der Waals surface area contributed by atoms with Gasteiger partial charge in [0.25, 0.3) is 13.5 Å². The van der Waals surface area contributed by atoms with Crippen molar-refractivity contribution in [2.45, 2.75) is 12.5 Å². The highest BCUT2D eigenvalue weighted by Gasteiger charge is 2.38. The maximum absolute atomic E-state index is 6.44. The van der Waals surface area contributed by atoms with Crippen molar-refractivity contribution in [2.75, 3.05) is 13.5 Å². The lowest BCUT2D eigenvalue weighted by molar-refractivity contribution is -0.476. The molecule has 4 nitrogen and oxygen atoms in total. The van der Waals surface area contributed by atoms with Gasteiger partial charge < -0.3 is 9.47 Å². The highest BCUT2D eigenvalue weighted by Crippen LogP contribution is 2.35. The summed E-state index contributed by atoms with van der Waals surface area (Å²) in [5.74, 6) is 2.36. The molecule has 0 radical (unpaired) electrons. The number of hydrogen-bond donors (Lipinski definition) is 0. The zero-order valence-corrected chi connectivity index (χ0v) is 29.7. The molecule has 248 valence electrons. The Morgan fingerprint density at radius 3 is 1.47 bits per heavy atom. The number of fused-ring (bicyclic) bond motifs is 2. The largest absolute Gasteiger partial charge is 0.435 e. The number of allylic oxidation sites excluding steroid dienone is 4. The SMILES string of the molecule is C1=CC(c2cccc3c2OC[N+](c2ccccc2)=C3)C=C1.C[Si](c1ccccc1)(c1ccccc1)c1cccc2c1OC[N+](c1ccccc1)=C2. The fourth-order valence-electron chi connectivity index (χ4n) is 7.19. The van der Waals surface area contributed by atoms with Crippen molar-refractivity contribution in [3.63, 3.8) is 0 Å². The predicted molar refractivity (Wildman–Crippen MR) is 211 cm³/mol. The molecule has 3 aliphatic rings. The van der Waals surface area contributed by atoms with Gasteiger partial charge in [-0.2, -0.15) is 9.15 Å². The smallest absolute Gasteiger partial charge is 0.292 e. The average Bonchev–Trinajstić information content (AvgIpc) is 3.76. The molecule has 0 N–H and O–H groups in total. The molecule has 51 heavy (non-hydrogen) atoms. The molecule has 0 spiro atoms. The monoisotopic (exact) mass is 680 g/mol. The quantitative estimate of drug-likeness (QED) is 0.102. The summed E-state index contributed by atoms with van der Waals surface area (Å²) in [6.45, 7) is 3.50. The molecule has 6 aromatic carbocycles. The topological polar surface area (TPSA) is 24.5 Å². The van der Waals surface area contributed by atoms with E-state index < -0.39 is 8.07 Å². The second-order valence-corrected chi connectivity index (χ2v) is 17.0. The van der Waals surface area contributed by atoms with Crippen molar-refractivity contribution in [3.8, 4) is 11.5 Å². The van der Waals surface area contributed by atoms with Crippen LogP contribution < -0.4 is 25.0 Å². The Morgan fingerprint density at radius 2 is 0.941 bits per heavy atom. The molecule has 6 aromatic rings. The Labute approximate surface area is 301 Å². The summed E-state index contributed by atoms with van der Waals surface area (Å²) in [5, 5.41) is 4.10. The van der Waals surface area contributed by atoms with E-state index >= 15 is 0 Å². The van der Waals surface area contributed by atoms with Gasteiger partial charge in [0.15, 0.2) is 12.4 Å². The number of ether oxygens (including phenoxy) is 2. The van der Waals surface area contributed by atoms with Crippen LogP contribution in [0.5, 0.6) is 11.5 Å². The summed E-state index contributed by atoms with van der Waals surface area (Å²) in [5.41, 5.74) is 5.79. The number of benzene rings is 6. The summed E-state index contributed by atoms with van der Waals surface area (Å²) < 4.78 is 16.8. The van der Waals surface area contributed by atoms with Crippen molar-refractivity contribution >= 4 is 47.4 Å². The Hall–Kier alpha value is -6.04. The first kappa shape index (κ1) is 32.2. The highest BCUT2D eigenvalue weighted by molar-refractivity contribution is 7.11. The molecule has 1 aliphatic carbocycles. The summed E-state index contributed by atoms with van der Waals surface area (Å²) in [7, 11) is -2.22. The van der Waals surface area contributed by atoms with Crippen LogP contribution in [-0.2, 0) is 0 Å². The van der Waals surface area contributed by atoms with Gasteiger partial charge in [0.2, 0.25) is 11.4 Å². The second kappa shape index (κ2) is 14.4. The summed E-state index contributed by atoms with van der Waals surface area (Å²) in [6, 6.07) is 55.4. The Bertz CT molecular complexity index is 2210. The first-order valence-electron chi connectivity index (χ1n) is 17.5. The van der Waals surface area contributed by atoms with E-state index in [-0.39, 0.29) is 0 Å². The maximum atomic E-state index is 6.44. The van der Waals surface area contributed by atoms with Crippen LogP contribution in [0, 0.1) is 0 Å². The molecule has 2 aliphatic heterocycles. The number of hydrogen-bond acceptors (Lipinski definition) is 2. The van der Waals surface area contributed by atoms with Crippen molar-refractivity contribution in [1.29, 1.82) is 0 Å². The van der Waals surface area contributed by atoms with Crippen LogP contribution in [0.2, 0.25) is 6.55 Å². The van der Waals surface area contributed by atoms with Gasteiger partial charge in [-0.25, -0.2) is 0 Å². The van der Waals surface area contributed by atoms with Gasteiger partial charge in [-0.1, -0.05) is 152 Å². The second-order valence-electron chi connectivity index (χ2n) is 13.1. The molecule has 0 bridgehead atoms. The van der Waals surface area contributed by atoms with Gasteiger partial charge in [-0.3, -0.25) is 0 Å². The van der Waals surface area contributed by atoms with Crippen LogP contribution in [0.1, 0.15) is 22.6 Å². The molecular weight excluding hydrogens is 641 g/mol. The Kier molecular flexibility index (Phi) is 9.11. The third-order valence-corrected chi connectivity index (χ3v) is 14.4. The number of para-hydroxylation sites is 4. The summed E-state index contributed by atoms with van der Waals surface area (Å²) in [6.07, 6.45) is 13.0. The fraction of sp³-hybridized carbons (Fsp3) is 0.0870. The fourth-order valence-corrected chi connectivity index (χ4v) is 11.0. The van der Waals surface area contributed by atoms with E-state index in [0.29, 0.717) is 19.4 Å². The molecule has 5 heteroatoms. The summed E-state index contributed by atoms with van der Waals surface area (Å²) in [4.78, 5) is 0. The minimum Gasteiger partial charge on any atom is -0.435 e. The van der Waals surface area contributed by atoms with Gasteiger partial charge in [-0.05, 0) is 27.7 Å². The van der Waals surface area contributed by atoms with Crippen LogP contribution >= 0.6 is 0 Å². The van der Waals surface area contributed by atoms with Crippen LogP contribution in [0.25, 0.3) is 0 Å². The van der Waals surface area contributed by atoms with E-state index in [1.165, 1.54) is 21.1 Å². The lowest BCUT2D eigenvalue weighted by atomic mass is 9.97. The van der Waals surface area contributed by atoms with Crippen LogP contribution in [0.4, 0.5) is 11.4 Å². The highest BCUT2D eigenvalue weighted by atomic mass is 28.3. The lowest BCUT2D eigenvalue weighted by Gasteiger charge is -2.32. The van der Waals surface area contributed by atoms with Gasteiger partial charge in [-0.15, -0.1) is 0 Å². The van der Waals surface area contributed by atoms with E-state index in [1.807, 2.05) is 24.3 Å². The summed E-state index contributed by atoms with van der Waals surface area (Å²) >= 11 is 0. The Balaban J connectivity index is 0.000000156. The standard InChI is InChI=1S/C27H24NOSi.C19H16NO/c1-30(24-15-7-3-8-16-24,25-17-9-4-10-18-25)26-19-11-12-22-20-28(21-29-27(22)26)23-13-5-2-6-14-23;1-2-10-17(11-3-1)20-13-16-9-6-12-18(19(16)21-14-20)15-7-4-5-8-15/h2-20H,21H2,1H3;1-13,15H,14H2/q2*+1. The van der Waals surface area contributed by atoms with Gasteiger partial charge in [0.1, 0.15) is 19.6 Å². The first-order chi connectivity index (χ1) is 25.2. The molecule has 9 rings (SSSR count).